The average molecular weight is 419 g/mol. The molecule has 2 rings (SSSR count). The van der Waals surface area contributed by atoms with E-state index in [1.165, 1.54) is 11.3 Å². The number of carbonyl (C=O) groups is 2. The Morgan fingerprint density at radius 3 is 2.72 bits per heavy atom. The SMILES string of the molecule is CCc1ccccc1NC(=O)N(CCOC)Cc1nc(C(=O)N[C@@H](C)CC)cs1. The normalized spacial score (nSPS) is 11.7. The van der Waals surface area contributed by atoms with Crippen molar-refractivity contribution in [2.75, 3.05) is 25.6 Å². The lowest BCUT2D eigenvalue weighted by Gasteiger charge is -2.22. The van der Waals surface area contributed by atoms with Gasteiger partial charge in [0.05, 0.1) is 13.2 Å². The molecule has 0 fully saturated rings. The lowest BCUT2D eigenvalue weighted by molar-refractivity contribution is 0.0934. The largest absolute Gasteiger partial charge is 0.383 e. The van der Waals surface area contributed by atoms with Crippen molar-refractivity contribution in [1.82, 2.24) is 15.2 Å². The zero-order valence-electron chi connectivity index (χ0n) is 17.5. The maximum atomic E-state index is 12.9. The van der Waals surface area contributed by atoms with Crippen LogP contribution in [0.15, 0.2) is 29.6 Å². The van der Waals surface area contributed by atoms with Crippen molar-refractivity contribution >= 4 is 29.0 Å². The number of carbonyl (C=O) groups excluding carboxylic acids is 2. The first kappa shape index (κ1) is 22.8. The Kier molecular flexibility index (Phi) is 9.08. The van der Waals surface area contributed by atoms with Crippen molar-refractivity contribution in [2.24, 2.45) is 0 Å². The number of aryl methyl sites for hydroxylation is 1. The number of aromatic nitrogens is 1. The molecule has 2 aromatic rings. The highest BCUT2D eigenvalue weighted by molar-refractivity contribution is 7.09. The second-order valence-corrected chi connectivity index (χ2v) is 7.71. The van der Waals surface area contributed by atoms with Crippen molar-refractivity contribution in [3.8, 4) is 0 Å². The van der Waals surface area contributed by atoms with Gasteiger partial charge in [0.1, 0.15) is 10.7 Å². The van der Waals surface area contributed by atoms with Gasteiger partial charge in [-0.05, 0) is 31.4 Å². The Hall–Kier alpha value is -2.45. The first-order chi connectivity index (χ1) is 14.0. The Balaban J connectivity index is 2.08. The number of urea groups is 1. The number of thiazole rings is 1. The number of nitrogens with zero attached hydrogens (tertiary/aromatic N) is 2. The number of methoxy groups -OCH3 is 1. The standard InChI is InChI=1S/C21H30N4O3S/c1-5-15(3)22-20(26)18-14-29-19(23-18)13-25(11-12-28-4)21(27)24-17-10-8-7-9-16(17)6-2/h7-10,14-15H,5-6,11-13H2,1-4H3,(H,22,26)(H,24,27)/t15-/m0/s1. The first-order valence-electron chi connectivity index (χ1n) is 9.86. The summed E-state index contributed by atoms with van der Waals surface area (Å²) >= 11 is 1.37. The van der Waals surface area contributed by atoms with Gasteiger partial charge in [-0.25, -0.2) is 9.78 Å². The second kappa shape index (κ2) is 11.5. The fourth-order valence-electron chi connectivity index (χ4n) is 2.65. The molecule has 0 aliphatic carbocycles. The van der Waals surface area contributed by atoms with Gasteiger partial charge in [0.2, 0.25) is 0 Å². The lowest BCUT2D eigenvalue weighted by atomic mass is 10.1. The van der Waals surface area contributed by atoms with Crippen LogP contribution in [-0.2, 0) is 17.7 Å². The van der Waals surface area contributed by atoms with E-state index in [-0.39, 0.29) is 18.0 Å². The van der Waals surface area contributed by atoms with E-state index in [2.05, 4.69) is 22.5 Å². The fraction of sp³-hybridized carbons (Fsp3) is 0.476. The molecular weight excluding hydrogens is 388 g/mol. The van der Waals surface area contributed by atoms with Gasteiger partial charge < -0.3 is 20.3 Å². The molecule has 29 heavy (non-hydrogen) atoms. The van der Waals surface area contributed by atoms with Gasteiger partial charge in [-0.15, -0.1) is 11.3 Å². The zero-order valence-corrected chi connectivity index (χ0v) is 18.3. The van der Waals surface area contributed by atoms with Crippen LogP contribution in [0.25, 0.3) is 0 Å². The fourth-order valence-corrected chi connectivity index (χ4v) is 3.44. The smallest absolute Gasteiger partial charge is 0.322 e. The van der Waals surface area contributed by atoms with E-state index >= 15 is 0 Å². The second-order valence-electron chi connectivity index (χ2n) is 6.76. The van der Waals surface area contributed by atoms with E-state index in [0.29, 0.717) is 30.4 Å². The molecule has 0 saturated carbocycles. The van der Waals surface area contributed by atoms with Crippen LogP contribution in [-0.4, -0.2) is 48.1 Å². The van der Waals surface area contributed by atoms with Gasteiger partial charge in [0.25, 0.3) is 5.91 Å². The topological polar surface area (TPSA) is 83.6 Å². The molecule has 0 saturated heterocycles. The minimum Gasteiger partial charge on any atom is -0.383 e. The van der Waals surface area contributed by atoms with Gasteiger partial charge in [-0.2, -0.15) is 0 Å². The predicted molar refractivity (Wildman–Crippen MR) is 116 cm³/mol. The summed E-state index contributed by atoms with van der Waals surface area (Å²) in [6.45, 7) is 7.16. The van der Waals surface area contributed by atoms with E-state index in [1.807, 2.05) is 38.1 Å². The van der Waals surface area contributed by atoms with Crippen LogP contribution in [0, 0.1) is 0 Å². The quantitative estimate of drug-likeness (QED) is 0.613. The highest BCUT2D eigenvalue weighted by Gasteiger charge is 2.19. The third-order valence-electron chi connectivity index (χ3n) is 4.59. The van der Waals surface area contributed by atoms with E-state index in [9.17, 15) is 9.59 Å². The van der Waals surface area contributed by atoms with E-state index in [4.69, 9.17) is 4.74 Å². The van der Waals surface area contributed by atoms with Crippen LogP contribution in [0.4, 0.5) is 10.5 Å². The lowest BCUT2D eigenvalue weighted by Crippen LogP contribution is -2.37. The van der Waals surface area contributed by atoms with Crippen LogP contribution in [0.3, 0.4) is 0 Å². The molecule has 8 heteroatoms. The number of benzene rings is 1. The number of ether oxygens (including phenoxy) is 1. The summed E-state index contributed by atoms with van der Waals surface area (Å²) in [5, 5.41) is 8.32. The van der Waals surface area contributed by atoms with Crippen LogP contribution in [0.1, 0.15) is 48.3 Å². The number of hydrogen-bond donors (Lipinski definition) is 2. The van der Waals surface area contributed by atoms with Crippen molar-refractivity contribution in [3.63, 3.8) is 0 Å². The van der Waals surface area contributed by atoms with E-state index < -0.39 is 0 Å². The summed E-state index contributed by atoms with van der Waals surface area (Å²) in [6.07, 6.45) is 1.68. The third-order valence-corrected chi connectivity index (χ3v) is 5.43. The monoisotopic (exact) mass is 418 g/mol. The summed E-state index contributed by atoms with van der Waals surface area (Å²) in [5.74, 6) is -0.188. The molecule has 1 heterocycles. The van der Waals surface area contributed by atoms with Crippen LogP contribution >= 0.6 is 11.3 Å². The summed E-state index contributed by atoms with van der Waals surface area (Å²) in [4.78, 5) is 31.2. The van der Waals surface area contributed by atoms with Gasteiger partial charge in [0, 0.05) is 30.8 Å². The average Bonchev–Trinajstić information content (AvgIpc) is 3.20. The molecule has 0 bridgehead atoms. The summed E-state index contributed by atoms with van der Waals surface area (Å²) in [6, 6.07) is 7.62. The van der Waals surface area contributed by atoms with Crippen LogP contribution in [0.5, 0.6) is 0 Å². The van der Waals surface area contributed by atoms with Gasteiger partial charge >= 0.3 is 6.03 Å². The minimum absolute atomic E-state index is 0.0928. The highest BCUT2D eigenvalue weighted by atomic mass is 32.1. The minimum atomic E-state index is -0.219. The van der Waals surface area contributed by atoms with E-state index in [1.54, 1.807) is 17.4 Å². The summed E-state index contributed by atoms with van der Waals surface area (Å²) < 4.78 is 5.15. The Morgan fingerprint density at radius 2 is 2.03 bits per heavy atom. The number of para-hydroxylation sites is 1. The van der Waals surface area contributed by atoms with Gasteiger partial charge in [-0.1, -0.05) is 32.0 Å². The molecule has 0 aliphatic heterocycles. The Labute approximate surface area is 176 Å². The van der Waals surface area contributed by atoms with Crippen molar-refractivity contribution in [3.05, 3.63) is 45.9 Å². The summed E-state index contributed by atoms with van der Waals surface area (Å²) in [5.41, 5.74) is 2.26. The molecule has 7 nitrogen and oxygen atoms in total. The highest BCUT2D eigenvalue weighted by Crippen LogP contribution is 2.18. The van der Waals surface area contributed by atoms with E-state index in [0.717, 1.165) is 24.1 Å². The molecule has 1 aromatic carbocycles. The predicted octanol–water partition coefficient (Wildman–Crippen LogP) is 3.91. The molecule has 3 amide bonds. The third kappa shape index (κ3) is 6.83. The van der Waals surface area contributed by atoms with Gasteiger partial charge in [0.15, 0.2) is 0 Å². The van der Waals surface area contributed by atoms with Crippen molar-refractivity contribution in [2.45, 2.75) is 46.2 Å². The molecule has 0 aliphatic rings. The summed E-state index contributed by atoms with van der Waals surface area (Å²) in [7, 11) is 1.60. The maximum absolute atomic E-state index is 12.9. The molecule has 2 N–H and O–H groups in total. The number of anilines is 1. The zero-order chi connectivity index (χ0) is 21.2. The maximum Gasteiger partial charge on any atom is 0.322 e. The number of rotatable bonds is 10. The van der Waals surface area contributed by atoms with Gasteiger partial charge in [-0.3, -0.25) is 4.79 Å². The molecule has 1 atom stereocenters. The first-order valence-corrected chi connectivity index (χ1v) is 10.7. The molecule has 0 unspecified atom stereocenters. The molecule has 0 radical (unpaired) electrons. The number of hydrogen-bond acceptors (Lipinski definition) is 5. The van der Waals surface area contributed by atoms with Crippen LogP contribution in [0.2, 0.25) is 0 Å². The Bertz CT molecular complexity index is 809. The van der Waals surface area contributed by atoms with Crippen LogP contribution < -0.4 is 10.6 Å². The molecule has 1 aromatic heterocycles. The number of amides is 3. The van der Waals surface area contributed by atoms with Crippen molar-refractivity contribution < 1.29 is 14.3 Å². The van der Waals surface area contributed by atoms with Crippen molar-refractivity contribution in [1.29, 1.82) is 0 Å². The molecule has 158 valence electrons. The molecule has 0 spiro atoms. The molecular formula is C21H30N4O3S. The Morgan fingerprint density at radius 1 is 1.28 bits per heavy atom. The number of nitrogens with one attached hydrogen (secondary N) is 2.